The van der Waals surface area contributed by atoms with E-state index in [1.54, 1.807) is 0 Å². The van der Waals surface area contributed by atoms with Gasteiger partial charge in [0.15, 0.2) is 0 Å². The highest BCUT2D eigenvalue weighted by Gasteiger charge is 2.30. The molecule has 0 radical (unpaired) electrons. The van der Waals surface area contributed by atoms with E-state index in [2.05, 4.69) is 15.8 Å². The average Bonchev–Trinajstić information content (AvgIpc) is 2.97. The molecule has 2 N–H and O–H groups in total. The predicted octanol–water partition coefficient (Wildman–Crippen LogP) is 1.98. The molecule has 3 rings (SSSR count). The first-order valence-electron chi connectivity index (χ1n) is 7.63. The molecule has 2 aliphatic rings. The Bertz CT molecular complexity index is 657. The molecule has 1 saturated carbocycles. The zero-order valence-corrected chi connectivity index (χ0v) is 12.5. The number of carbonyl (C=O) groups is 1. The molecule has 118 valence electrons. The summed E-state index contributed by atoms with van der Waals surface area (Å²) in [5.74, 6) is -0.172. The van der Waals surface area contributed by atoms with Crippen molar-refractivity contribution in [3.63, 3.8) is 0 Å². The lowest BCUT2D eigenvalue weighted by Gasteiger charge is -2.25. The molecule has 0 spiro atoms. The smallest absolute Gasteiger partial charge is 0.337 e. The Morgan fingerprint density at radius 3 is 2.82 bits per heavy atom. The van der Waals surface area contributed by atoms with Crippen molar-refractivity contribution in [2.24, 2.45) is 5.16 Å². The molecule has 1 aliphatic carbocycles. The van der Waals surface area contributed by atoms with Gasteiger partial charge in [-0.15, -0.1) is 0 Å². The van der Waals surface area contributed by atoms with Crippen LogP contribution in [0.3, 0.4) is 0 Å². The molecule has 1 fully saturated rings. The van der Waals surface area contributed by atoms with Crippen LogP contribution in [0.2, 0.25) is 0 Å². The fraction of sp³-hybridized carbons (Fsp3) is 0.533. The lowest BCUT2D eigenvalue weighted by Crippen LogP contribution is -2.46. The molecule has 0 bridgehead atoms. The van der Waals surface area contributed by atoms with Gasteiger partial charge in [-0.3, -0.25) is 10.1 Å². The third-order valence-corrected chi connectivity index (χ3v) is 3.78. The third kappa shape index (κ3) is 2.98. The van der Waals surface area contributed by atoms with E-state index in [1.807, 2.05) is 6.92 Å². The second kappa shape index (κ2) is 6.21. The average molecular weight is 305 g/mol. The molecule has 0 aromatic carbocycles. The van der Waals surface area contributed by atoms with Crippen LogP contribution in [-0.4, -0.2) is 18.0 Å². The summed E-state index contributed by atoms with van der Waals surface area (Å²) in [7, 11) is 0. The van der Waals surface area contributed by atoms with Crippen LogP contribution >= 0.6 is 0 Å². The number of carbonyl (C=O) groups excluding carboxylic acids is 1. The Hall–Kier alpha value is -2.31. The normalized spacial score (nSPS) is 20.1. The SMILES string of the molecule is CCCc1cc(=O)oc2c1C(=O)NC(ON=C1CCCC1)N2. The summed E-state index contributed by atoms with van der Waals surface area (Å²) in [5, 5.41) is 9.59. The summed E-state index contributed by atoms with van der Waals surface area (Å²) >= 11 is 0. The Balaban J connectivity index is 1.81. The first-order chi connectivity index (χ1) is 10.7. The molecular formula is C15H19N3O4. The maximum absolute atomic E-state index is 12.3. The predicted molar refractivity (Wildman–Crippen MR) is 80.8 cm³/mol. The van der Waals surface area contributed by atoms with Crippen molar-refractivity contribution in [1.29, 1.82) is 0 Å². The molecule has 0 saturated heterocycles. The lowest BCUT2D eigenvalue weighted by atomic mass is 10.0. The van der Waals surface area contributed by atoms with Crippen LogP contribution in [0.4, 0.5) is 5.88 Å². The van der Waals surface area contributed by atoms with Crippen molar-refractivity contribution >= 4 is 17.5 Å². The molecule has 1 atom stereocenters. The van der Waals surface area contributed by atoms with E-state index in [9.17, 15) is 9.59 Å². The van der Waals surface area contributed by atoms with Crippen LogP contribution in [0.15, 0.2) is 20.4 Å². The topological polar surface area (TPSA) is 92.9 Å². The lowest BCUT2D eigenvalue weighted by molar-refractivity contribution is 0.0417. The van der Waals surface area contributed by atoms with Gasteiger partial charge in [-0.05, 0) is 37.7 Å². The minimum Gasteiger partial charge on any atom is -0.406 e. The Labute approximate surface area is 127 Å². The van der Waals surface area contributed by atoms with Crippen LogP contribution in [0.5, 0.6) is 0 Å². The molecule has 1 unspecified atom stereocenters. The van der Waals surface area contributed by atoms with Gasteiger partial charge >= 0.3 is 5.63 Å². The van der Waals surface area contributed by atoms with E-state index in [1.165, 1.54) is 6.07 Å². The van der Waals surface area contributed by atoms with Crippen LogP contribution in [0, 0.1) is 0 Å². The highest BCUT2D eigenvalue weighted by atomic mass is 16.7. The van der Waals surface area contributed by atoms with Crippen molar-refractivity contribution in [3.05, 3.63) is 27.6 Å². The fourth-order valence-corrected chi connectivity index (χ4v) is 2.76. The Kier molecular flexibility index (Phi) is 4.13. The van der Waals surface area contributed by atoms with Gasteiger partial charge in [0.25, 0.3) is 12.3 Å². The maximum atomic E-state index is 12.3. The second-order valence-corrected chi connectivity index (χ2v) is 5.51. The Morgan fingerprint density at radius 2 is 2.09 bits per heavy atom. The van der Waals surface area contributed by atoms with E-state index >= 15 is 0 Å². The van der Waals surface area contributed by atoms with Gasteiger partial charge in [0, 0.05) is 6.07 Å². The van der Waals surface area contributed by atoms with Crippen molar-refractivity contribution in [2.75, 3.05) is 5.32 Å². The quantitative estimate of drug-likeness (QED) is 0.830. The molecule has 1 aliphatic heterocycles. The van der Waals surface area contributed by atoms with E-state index in [-0.39, 0.29) is 11.8 Å². The van der Waals surface area contributed by atoms with Crippen molar-refractivity contribution in [1.82, 2.24) is 5.32 Å². The third-order valence-electron chi connectivity index (χ3n) is 3.78. The maximum Gasteiger partial charge on any atom is 0.337 e. The number of amides is 1. The summed E-state index contributed by atoms with van der Waals surface area (Å²) < 4.78 is 5.10. The molecule has 2 heterocycles. The van der Waals surface area contributed by atoms with E-state index < -0.39 is 12.0 Å². The molecular weight excluding hydrogens is 286 g/mol. The Morgan fingerprint density at radius 1 is 1.32 bits per heavy atom. The second-order valence-electron chi connectivity index (χ2n) is 5.51. The first kappa shape index (κ1) is 14.6. The molecule has 22 heavy (non-hydrogen) atoms. The monoisotopic (exact) mass is 305 g/mol. The molecule has 1 aromatic rings. The van der Waals surface area contributed by atoms with Crippen molar-refractivity contribution < 1.29 is 14.0 Å². The van der Waals surface area contributed by atoms with Crippen molar-refractivity contribution in [2.45, 2.75) is 51.8 Å². The first-order valence-corrected chi connectivity index (χ1v) is 7.63. The van der Waals surface area contributed by atoms with Crippen LogP contribution in [0.25, 0.3) is 0 Å². The number of aryl methyl sites for hydroxylation is 1. The van der Waals surface area contributed by atoms with Gasteiger partial charge in [-0.2, -0.15) is 0 Å². The number of anilines is 1. The number of nitrogens with one attached hydrogen (secondary N) is 2. The summed E-state index contributed by atoms with van der Waals surface area (Å²) in [4.78, 5) is 29.2. The molecule has 7 nitrogen and oxygen atoms in total. The minimum absolute atomic E-state index is 0.149. The van der Waals surface area contributed by atoms with Gasteiger partial charge in [0.05, 0.1) is 5.71 Å². The van der Waals surface area contributed by atoms with E-state index in [0.717, 1.165) is 37.8 Å². The number of hydrogen-bond acceptors (Lipinski definition) is 6. The summed E-state index contributed by atoms with van der Waals surface area (Å²) in [6.07, 6.45) is 4.72. The minimum atomic E-state index is -0.826. The summed E-state index contributed by atoms with van der Waals surface area (Å²) in [5.41, 5.74) is 1.56. The highest BCUT2D eigenvalue weighted by Crippen LogP contribution is 2.24. The standard InChI is InChI=1S/C15H19N3O4/c1-2-5-9-8-11(19)21-14-12(9)13(20)16-15(17-14)22-18-10-6-3-4-7-10/h8,15,17H,2-7H2,1H3,(H,16,20). The number of hydrogen-bond donors (Lipinski definition) is 2. The number of fused-ring (bicyclic) bond motifs is 1. The largest absolute Gasteiger partial charge is 0.406 e. The molecule has 1 amide bonds. The number of rotatable bonds is 4. The van der Waals surface area contributed by atoms with Crippen molar-refractivity contribution in [3.8, 4) is 0 Å². The summed E-state index contributed by atoms with van der Waals surface area (Å²) in [6, 6.07) is 1.36. The van der Waals surface area contributed by atoms with Gasteiger partial charge < -0.3 is 14.6 Å². The van der Waals surface area contributed by atoms with Crippen LogP contribution in [0.1, 0.15) is 54.9 Å². The number of oxime groups is 1. The highest BCUT2D eigenvalue weighted by molar-refractivity contribution is 6.01. The van der Waals surface area contributed by atoms with E-state index in [0.29, 0.717) is 17.5 Å². The summed E-state index contributed by atoms with van der Waals surface area (Å²) in [6.45, 7) is 1.98. The zero-order chi connectivity index (χ0) is 15.5. The van der Waals surface area contributed by atoms with Crippen LogP contribution < -0.4 is 16.3 Å². The molecule has 1 aromatic heterocycles. The van der Waals surface area contributed by atoms with Gasteiger partial charge in [0.1, 0.15) is 5.56 Å². The molecule has 7 heteroatoms. The fourth-order valence-electron chi connectivity index (χ4n) is 2.76. The van der Waals surface area contributed by atoms with E-state index in [4.69, 9.17) is 9.25 Å². The van der Waals surface area contributed by atoms with Gasteiger partial charge in [0.2, 0.25) is 5.88 Å². The van der Waals surface area contributed by atoms with Crippen LogP contribution in [-0.2, 0) is 11.3 Å². The van der Waals surface area contributed by atoms with Gasteiger partial charge in [-0.25, -0.2) is 4.79 Å². The zero-order valence-electron chi connectivity index (χ0n) is 12.5. The van der Waals surface area contributed by atoms with Gasteiger partial charge in [-0.1, -0.05) is 18.5 Å². The number of nitrogens with zero attached hydrogens (tertiary/aromatic N) is 1.